The second-order valence-electron chi connectivity index (χ2n) is 4.62. The van der Waals surface area contributed by atoms with E-state index in [1.807, 2.05) is 44.2 Å². The Hall–Kier alpha value is -1.61. The Kier molecular flexibility index (Phi) is 5.59. The van der Waals surface area contributed by atoms with Crippen molar-refractivity contribution in [2.45, 2.75) is 32.2 Å². The first kappa shape index (κ1) is 14.5. The molecule has 0 bridgehead atoms. The van der Waals surface area contributed by atoms with Crippen LogP contribution in [0.4, 0.5) is 0 Å². The van der Waals surface area contributed by atoms with Crippen LogP contribution < -0.4 is 5.32 Å². The van der Waals surface area contributed by atoms with Crippen LogP contribution in [-0.2, 0) is 4.79 Å². The van der Waals surface area contributed by atoms with E-state index < -0.39 is 0 Å². The molecule has 0 aliphatic carbocycles. The summed E-state index contributed by atoms with van der Waals surface area (Å²) in [6, 6.07) is 9.68. The lowest BCUT2D eigenvalue weighted by molar-refractivity contribution is -0.118. The molecule has 0 radical (unpaired) electrons. The number of aliphatic hydroxyl groups excluding tert-OH is 1. The second kappa shape index (κ2) is 6.97. The standard InChI is InChI=1S/C15H21NO2/c1-3-15(2,11-12-17)16-14(18)10-9-13-7-5-4-6-8-13/h4-10,17H,3,11-12H2,1-2H3,(H,16,18)/b10-9+. The molecule has 0 aliphatic heterocycles. The highest BCUT2D eigenvalue weighted by Gasteiger charge is 2.22. The maximum absolute atomic E-state index is 11.8. The molecule has 18 heavy (non-hydrogen) atoms. The Morgan fingerprint density at radius 2 is 2.06 bits per heavy atom. The van der Waals surface area contributed by atoms with Gasteiger partial charge in [-0.2, -0.15) is 0 Å². The van der Waals surface area contributed by atoms with Gasteiger partial charge in [-0.05, 0) is 31.4 Å². The van der Waals surface area contributed by atoms with E-state index in [1.54, 1.807) is 6.08 Å². The normalized spacial score (nSPS) is 14.4. The monoisotopic (exact) mass is 247 g/mol. The number of aliphatic hydroxyl groups is 1. The molecular weight excluding hydrogens is 226 g/mol. The number of nitrogens with one attached hydrogen (secondary N) is 1. The third-order valence-corrected chi connectivity index (χ3v) is 3.10. The van der Waals surface area contributed by atoms with Gasteiger partial charge in [0.15, 0.2) is 0 Å². The van der Waals surface area contributed by atoms with Crippen LogP contribution in [0, 0.1) is 0 Å². The molecule has 0 fully saturated rings. The number of hydrogen-bond acceptors (Lipinski definition) is 2. The average Bonchev–Trinajstić information content (AvgIpc) is 2.38. The minimum atomic E-state index is -0.340. The average molecular weight is 247 g/mol. The summed E-state index contributed by atoms with van der Waals surface area (Å²) in [6.07, 6.45) is 4.66. The molecule has 1 aromatic carbocycles. The van der Waals surface area contributed by atoms with Crippen molar-refractivity contribution >= 4 is 12.0 Å². The summed E-state index contributed by atoms with van der Waals surface area (Å²) in [7, 11) is 0. The molecule has 0 heterocycles. The summed E-state index contributed by atoms with van der Waals surface area (Å²) >= 11 is 0. The Labute approximate surface area is 109 Å². The van der Waals surface area contributed by atoms with Gasteiger partial charge in [0, 0.05) is 18.2 Å². The van der Waals surface area contributed by atoms with E-state index in [1.165, 1.54) is 6.08 Å². The lowest BCUT2D eigenvalue weighted by atomic mass is 9.95. The highest BCUT2D eigenvalue weighted by atomic mass is 16.3. The van der Waals surface area contributed by atoms with Crippen LogP contribution in [-0.4, -0.2) is 23.2 Å². The van der Waals surface area contributed by atoms with Crippen LogP contribution >= 0.6 is 0 Å². The smallest absolute Gasteiger partial charge is 0.244 e. The number of rotatable bonds is 6. The highest BCUT2D eigenvalue weighted by Crippen LogP contribution is 2.13. The number of benzene rings is 1. The molecule has 1 atom stereocenters. The first-order chi connectivity index (χ1) is 8.59. The Morgan fingerprint density at radius 1 is 1.39 bits per heavy atom. The van der Waals surface area contributed by atoms with Crippen molar-refractivity contribution in [2.75, 3.05) is 6.61 Å². The SMILES string of the molecule is CCC(C)(CCO)NC(=O)/C=C/c1ccccc1. The molecule has 0 saturated heterocycles. The highest BCUT2D eigenvalue weighted by molar-refractivity contribution is 5.92. The third kappa shape index (κ3) is 4.72. The zero-order valence-electron chi connectivity index (χ0n) is 11.0. The summed E-state index contributed by atoms with van der Waals surface area (Å²) in [5.74, 6) is -0.128. The van der Waals surface area contributed by atoms with Gasteiger partial charge in [0.1, 0.15) is 0 Å². The maximum Gasteiger partial charge on any atom is 0.244 e. The molecule has 1 rings (SSSR count). The Balaban J connectivity index is 2.58. The molecule has 1 unspecified atom stereocenters. The molecule has 2 N–H and O–H groups in total. The minimum absolute atomic E-state index is 0.0764. The van der Waals surface area contributed by atoms with Crippen LogP contribution in [0.2, 0.25) is 0 Å². The molecule has 0 spiro atoms. The van der Waals surface area contributed by atoms with E-state index in [2.05, 4.69) is 5.32 Å². The van der Waals surface area contributed by atoms with Gasteiger partial charge in [0.05, 0.1) is 0 Å². The molecular formula is C15H21NO2. The summed E-state index contributed by atoms with van der Waals surface area (Å²) < 4.78 is 0. The van der Waals surface area contributed by atoms with Crippen LogP contribution in [0.1, 0.15) is 32.3 Å². The van der Waals surface area contributed by atoms with E-state index in [4.69, 9.17) is 5.11 Å². The molecule has 98 valence electrons. The summed E-state index contributed by atoms with van der Waals surface area (Å²) in [6.45, 7) is 4.02. The topological polar surface area (TPSA) is 49.3 Å². The lowest BCUT2D eigenvalue weighted by Crippen LogP contribution is -2.45. The summed E-state index contributed by atoms with van der Waals surface area (Å²) in [4.78, 5) is 11.8. The second-order valence-corrected chi connectivity index (χ2v) is 4.62. The van der Waals surface area contributed by atoms with Gasteiger partial charge in [-0.1, -0.05) is 37.3 Å². The van der Waals surface area contributed by atoms with Crippen molar-refractivity contribution in [2.24, 2.45) is 0 Å². The maximum atomic E-state index is 11.8. The van der Waals surface area contributed by atoms with Crippen molar-refractivity contribution in [3.8, 4) is 0 Å². The third-order valence-electron chi connectivity index (χ3n) is 3.10. The van der Waals surface area contributed by atoms with Gasteiger partial charge in [0.2, 0.25) is 5.91 Å². The number of amides is 1. The quantitative estimate of drug-likeness (QED) is 0.758. The van der Waals surface area contributed by atoms with Gasteiger partial charge in [-0.3, -0.25) is 4.79 Å². The van der Waals surface area contributed by atoms with E-state index in [0.717, 1.165) is 12.0 Å². The van der Waals surface area contributed by atoms with Crippen LogP contribution in [0.15, 0.2) is 36.4 Å². The molecule has 3 nitrogen and oxygen atoms in total. The first-order valence-corrected chi connectivity index (χ1v) is 6.26. The fraction of sp³-hybridized carbons (Fsp3) is 0.400. The van der Waals surface area contributed by atoms with Crippen molar-refractivity contribution in [3.63, 3.8) is 0 Å². The molecule has 0 aromatic heterocycles. The van der Waals surface area contributed by atoms with Gasteiger partial charge in [-0.15, -0.1) is 0 Å². The fourth-order valence-electron chi connectivity index (χ4n) is 1.65. The van der Waals surface area contributed by atoms with Crippen LogP contribution in [0.25, 0.3) is 6.08 Å². The predicted molar refractivity (Wildman–Crippen MR) is 74.0 cm³/mol. The first-order valence-electron chi connectivity index (χ1n) is 6.26. The Bertz CT molecular complexity index is 400. The number of hydrogen-bond donors (Lipinski definition) is 2. The van der Waals surface area contributed by atoms with E-state index in [9.17, 15) is 4.79 Å². The fourth-order valence-corrected chi connectivity index (χ4v) is 1.65. The van der Waals surface area contributed by atoms with Crippen LogP contribution in [0.5, 0.6) is 0 Å². The predicted octanol–water partition coefficient (Wildman–Crippen LogP) is 2.37. The zero-order valence-corrected chi connectivity index (χ0v) is 11.0. The van der Waals surface area contributed by atoms with Gasteiger partial charge in [-0.25, -0.2) is 0 Å². The van der Waals surface area contributed by atoms with Crippen molar-refractivity contribution in [1.82, 2.24) is 5.32 Å². The number of carbonyl (C=O) groups excluding carboxylic acids is 1. The lowest BCUT2D eigenvalue weighted by Gasteiger charge is -2.28. The van der Waals surface area contributed by atoms with Gasteiger partial charge < -0.3 is 10.4 Å². The number of carbonyl (C=O) groups is 1. The van der Waals surface area contributed by atoms with Crippen LogP contribution in [0.3, 0.4) is 0 Å². The van der Waals surface area contributed by atoms with E-state index >= 15 is 0 Å². The summed E-state index contributed by atoms with van der Waals surface area (Å²) in [5.41, 5.74) is 0.653. The Morgan fingerprint density at radius 3 is 2.61 bits per heavy atom. The van der Waals surface area contributed by atoms with E-state index in [0.29, 0.717) is 6.42 Å². The molecule has 3 heteroatoms. The largest absolute Gasteiger partial charge is 0.396 e. The molecule has 0 aliphatic rings. The van der Waals surface area contributed by atoms with Crippen molar-refractivity contribution in [1.29, 1.82) is 0 Å². The molecule has 0 saturated carbocycles. The molecule has 1 amide bonds. The van der Waals surface area contributed by atoms with E-state index in [-0.39, 0.29) is 18.1 Å². The minimum Gasteiger partial charge on any atom is -0.396 e. The molecule has 1 aromatic rings. The van der Waals surface area contributed by atoms with Gasteiger partial charge in [0.25, 0.3) is 0 Å². The van der Waals surface area contributed by atoms with Gasteiger partial charge >= 0.3 is 0 Å². The summed E-state index contributed by atoms with van der Waals surface area (Å²) in [5, 5.41) is 11.9. The van der Waals surface area contributed by atoms with Crippen molar-refractivity contribution < 1.29 is 9.90 Å². The van der Waals surface area contributed by atoms with Crippen molar-refractivity contribution in [3.05, 3.63) is 42.0 Å². The zero-order chi connectivity index (χ0) is 13.4.